The number of carbonyl (C=O) groups excluding carboxylic acids is 1. The van der Waals surface area contributed by atoms with Crippen LogP contribution < -0.4 is 11.1 Å². The lowest BCUT2D eigenvalue weighted by molar-refractivity contribution is 0.0524. The highest BCUT2D eigenvalue weighted by Crippen LogP contribution is 2.23. The highest BCUT2D eigenvalue weighted by molar-refractivity contribution is 9.10. The Morgan fingerprint density at radius 2 is 2.20 bits per heavy atom. The second-order valence-electron chi connectivity index (χ2n) is 5.34. The third kappa shape index (κ3) is 5.19. The van der Waals surface area contributed by atoms with E-state index in [0.29, 0.717) is 5.56 Å². The van der Waals surface area contributed by atoms with Crippen molar-refractivity contribution in [2.75, 3.05) is 6.54 Å². The van der Waals surface area contributed by atoms with Gasteiger partial charge in [0.2, 0.25) is 0 Å². The summed E-state index contributed by atoms with van der Waals surface area (Å²) in [7, 11) is 0. The summed E-state index contributed by atoms with van der Waals surface area (Å²) in [6.07, 6.45) is -0.513. The minimum atomic E-state index is -0.546. The molecular formula is C14H18BrN3O2. The van der Waals surface area contributed by atoms with E-state index in [1.54, 1.807) is 39.0 Å². The number of ether oxygens (including phenoxy) is 1. The normalized spacial score (nSPS) is 12.4. The fraction of sp³-hybridized carbons (Fsp3) is 0.429. The standard InChI is InChI=1S/C14H18BrN3O2/c1-14(2,3)20-13(19)18-8-12(17)10-6-9(7-16)4-5-11(10)15/h4-6,12H,8,17H2,1-3H3,(H,18,19). The number of nitriles is 1. The van der Waals surface area contributed by atoms with Gasteiger partial charge in [0.15, 0.2) is 0 Å². The first-order valence-corrected chi connectivity index (χ1v) is 6.94. The molecule has 108 valence electrons. The molecule has 0 radical (unpaired) electrons. The maximum Gasteiger partial charge on any atom is 0.407 e. The van der Waals surface area contributed by atoms with Crippen LogP contribution in [-0.4, -0.2) is 18.2 Å². The monoisotopic (exact) mass is 339 g/mol. The van der Waals surface area contributed by atoms with Gasteiger partial charge in [-0.3, -0.25) is 0 Å². The lowest BCUT2D eigenvalue weighted by Gasteiger charge is -2.21. The minimum absolute atomic E-state index is 0.225. The summed E-state index contributed by atoms with van der Waals surface area (Å²) in [6, 6.07) is 6.79. The van der Waals surface area contributed by atoms with Crippen LogP contribution in [0.5, 0.6) is 0 Å². The molecule has 0 saturated heterocycles. The molecule has 0 bridgehead atoms. The van der Waals surface area contributed by atoms with Crippen molar-refractivity contribution in [2.24, 2.45) is 5.73 Å². The maximum absolute atomic E-state index is 11.5. The molecule has 0 fully saturated rings. The number of hydrogen-bond donors (Lipinski definition) is 2. The molecule has 6 heteroatoms. The van der Waals surface area contributed by atoms with Gasteiger partial charge < -0.3 is 15.8 Å². The van der Waals surface area contributed by atoms with Crippen LogP contribution in [0.25, 0.3) is 0 Å². The first-order chi connectivity index (χ1) is 9.23. The van der Waals surface area contributed by atoms with Crippen LogP contribution in [0.2, 0.25) is 0 Å². The zero-order valence-electron chi connectivity index (χ0n) is 11.7. The summed E-state index contributed by atoms with van der Waals surface area (Å²) in [5.74, 6) is 0. The highest BCUT2D eigenvalue weighted by atomic mass is 79.9. The predicted octanol–water partition coefficient (Wildman–Crippen LogP) is 2.85. The van der Waals surface area contributed by atoms with E-state index in [1.807, 2.05) is 0 Å². The summed E-state index contributed by atoms with van der Waals surface area (Å²) in [5.41, 5.74) is 6.76. The Hall–Kier alpha value is -1.58. The first-order valence-electron chi connectivity index (χ1n) is 6.15. The number of rotatable bonds is 3. The van der Waals surface area contributed by atoms with Crippen LogP contribution in [0, 0.1) is 11.3 Å². The Balaban J connectivity index is 2.66. The smallest absolute Gasteiger partial charge is 0.407 e. The van der Waals surface area contributed by atoms with E-state index in [0.717, 1.165) is 10.0 Å². The van der Waals surface area contributed by atoms with Gasteiger partial charge in [-0.1, -0.05) is 15.9 Å². The van der Waals surface area contributed by atoms with Crippen molar-refractivity contribution in [3.8, 4) is 6.07 Å². The lowest BCUT2D eigenvalue weighted by atomic mass is 10.1. The van der Waals surface area contributed by atoms with Gasteiger partial charge in [0.05, 0.1) is 11.6 Å². The number of carbonyl (C=O) groups is 1. The van der Waals surface area contributed by atoms with Crippen LogP contribution >= 0.6 is 15.9 Å². The summed E-state index contributed by atoms with van der Waals surface area (Å²) < 4.78 is 5.93. The molecule has 0 aliphatic carbocycles. The van der Waals surface area contributed by atoms with Gasteiger partial charge in [0, 0.05) is 17.1 Å². The zero-order chi connectivity index (χ0) is 15.3. The zero-order valence-corrected chi connectivity index (χ0v) is 13.3. The number of nitrogens with one attached hydrogen (secondary N) is 1. The van der Waals surface area contributed by atoms with Crippen molar-refractivity contribution in [3.63, 3.8) is 0 Å². The van der Waals surface area contributed by atoms with Crippen LogP contribution in [0.1, 0.15) is 37.9 Å². The molecule has 1 rings (SSSR count). The van der Waals surface area contributed by atoms with Gasteiger partial charge in [-0.15, -0.1) is 0 Å². The van der Waals surface area contributed by atoms with Crippen LogP contribution in [0.3, 0.4) is 0 Å². The average molecular weight is 340 g/mol. The summed E-state index contributed by atoms with van der Waals surface area (Å²) in [4.78, 5) is 11.5. The number of amides is 1. The topological polar surface area (TPSA) is 88.1 Å². The Labute approximate surface area is 127 Å². The van der Waals surface area contributed by atoms with Crippen LogP contribution in [-0.2, 0) is 4.74 Å². The second-order valence-corrected chi connectivity index (χ2v) is 6.19. The van der Waals surface area contributed by atoms with Crippen molar-refractivity contribution in [3.05, 3.63) is 33.8 Å². The quantitative estimate of drug-likeness (QED) is 0.886. The molecule has 1 aromatic rings. The molecule has 1 amide bonds. The van der Waals surface area contributed by atoms with Crippen molar-refractivity contribution >= 4 is 22.0 Å². The fourth-order valence-electron chi connectivity index (χ4n) is 1.51. The lowest BCUT2D eigenvalue weighted by Crippen LogP contribution is -2.36. The van der Waals surface area contributed by atoms with E-state index in [1.165, 1.54) is 0 Å². The summed E-state index contributed by atoms with van der Waals surface area (Å²) >= 11 is 3.38. The molecule has 0 aliphatic rings. The SMILES string of the molecule is CC(C)(C)OC(=O)NCC(N)c1cc(C#N)ccc1Br. The van der Waals surface area contributed by atoms with E-state index in [4.69, 9.17) is 15.7 Å². The molecule has 0 heterocycles. The van der Waals surface area contributed by atoms with Crippen molar-refractivity contribution in [1.29, 1.82) is 5.26 Å². The molecule has 0 saturated carbocycles. The van der Waals surface area contributed by atoms with Gasteiger partial charge in [-0.05, 0) is 44.5 Å². The molecule has 1 aromatic carbocycles. The number of nitrogens with two attached hydrogens (primary N) is 1. The van der Waals surface area contributed by atoms with Gasteiger partial charge in [-0.25, -0.2) is 4.79 Å². The van der Waals surface area contributed by atoms with Crippen molar-refractivity contribution in [2.45, 2.75) is 32.4 Å². The Morgan fingerprint density at radius 1 is 1.55 bits per heavy atom. The minimum Gasteiger partial charge on any atom is -0.444 e. The Kier molecular flexibility index (Phi) is 5.54. The molecular weight excluding hydrogens is 322 g/mol. The number of halogens is 1. The molecule has 0 spiro atoms. The van der Waals surface area contributed by atoms with E-state index in [2.05, 4.69) is 27.3 Å². The molecule has 1 atom stereocenters. The summed E-state index contributed by atoms with van der Waals surface area (Å²) in [5, 5.41) is 11.5. The van der Waals surface area contributed by atoms with E-state index in [-0.39, 0.29) is 6.54 Å². The number of alkyl carbamates (subject to hydrolysis) is 1. The number of hydrogen-bond acceptors (Lipinski definition) is 4. The molecule has 3 N–H and O–H groups in total. The second kappa shape index (κ2) is 6.73. The molecule has 0 aliphatic heterocycles. The van der Waals surface area contributed by atoms with Crippen molar-refractivity contribution in [1.82, 2.24) is 5.32 Å². The third-order valence-electron chi connectivity index (χ3n) is 2.39. The van der Waals surface area contributed by atoms with Gasteiger partial charge in [0.1, 0.15) is 5.60 Å². The Morgan fingerprint density at radius 3 is 2.75 bits per heavy atom. The first kappa shape index (κ1) is 16.5. The highest BCUT2D eigenvalue weighted by Gasteiger charge is 2.17. The van der Waals surface area contributed by atoms with E-state index >= 15 is 0 Å². The predicted molar refractivity (Wildman–Crippen MR) is 80.0 cm³/mol. The van der Waals surface area contributed by atoms with Crippen LogP contribution in [0.15, 0.2) is 22.7 Å². The Bertz CT molecular complexity index is 532. The maximum atomic E-state index is 11.5. The average Bonchev–Trinajstić information content (AvgIpc) is 2.34. The molecule has 0 aromatic heterocycles. The number of benzene rings is 1. The molecule has 1 unspecified atom stereocenters. The molecule has 5 nitrogen and oxygen atoms in total. The van der Waals surface area contributed by atoms with Gasteiger partial charge in [0.25, 0.3) is 0 Å². The largest absolute Gasteiger partial charge is 0.444 e. The van der Waals surface area contributed by atoms with E-state index in [9.17, 15) is 4.79 Å². The molecule has 20 heavy (non-hydrogen) atoms. The van der Waals surface area contributed by atoms with Gasteiger partial charge >= 0.3 is 6.09 Å². The third-order valence-corrected chi connectivity index (χ3v) is 3.11. The van der Waals surface area contributed by atoms with Gasteiger partial charge in [-0.2, -0.15) is 5.26 Å². The van der Waals surface area contributed by atoms with Crippen molar-refractivity contribution < 1.29 is 9.53 Å². The fourth-order valence-corrected chi connectivity index (χ4v) is 2.06. The number of nitrogens with zero attached hydrogens (tertiary/aromatic N) is 1. The van der Waals surface area contributed by atoms with Crippen LogP contribution in [0.4, 0.5) is 4.79 Å². The van der Waals surface area contributed by atoms with E-state index < -0.39 is 17.7 Å². The summed E-state index contributed by atoms with van der Waals surface area (Å²) in [6.45, 7) is 5.60.